The lowest BCUT2D eigenvalue weighted by atomic mass is 10.2. The van der Waals surface area contributed by atoms with Gasteiger partial charge in [0.15, 0.2) is 0 Å². The van der Waals surface area contributed by atoms with Crippen LogP contribution in [0, 0.1) is 0 Å². The highest BCUT2D eigenvalue weighted by atomic mass is 32.2. The van der Waals surface area contributed by atoms with Crippen LogP contribution in [0.2, 0.25) is 0 Å². The Morgan fingerprint density at radius 2 is 1.93 bits per heavy atom. The SMILES string of the molecule is COc1ccc(CSCC=C(C)C)cc1. The van der Waals surface area contributed by atoms with E-state index in [4.69, 9.17) is 4.74 Å². The largest absolute Gasteiger partial charge is 0.497 e. The molecule has 0 bridgehead atoms. The van der Waals surface area contributed by atoms with Gasteiger partial charge in [0.25, 0.3) is 0 Å². The number of methoxy groups -OCH3 is 1. The van der Waals surface area contributed by atoms with Gasteiger partial charge in [0.1, 0.15) is 5.75 Å². The molecule has 0 amide bonds. The molecule has 0 aliphatic heterocycles. The molecule has 1 nitrogen and oxygen atoms in total. The molecule has 0 radical (unpaired) electrons. The highest BCUT2D eigenvalue weighted by Crippen LogP contribution is 2.16. The maximum atomic E-state index is 5.11. The minimum absolute atomic E-state index is 0.924. The first-order chi connectivity index (χ1) is 7.22. The second-order valence-corrected chi connectivity index (χ2v) is 4.67. The van der Waals surface area contributed by atoms with Crippen molar-refractivity contribution >= 4 is 11.8 Å². The summed E-state index contributed by atoms with van der Waals surface area (Å²) in [5.74, 6) is 3.08. The van der Waals surface area contributed by atoms with Crippen molar-refractivity contribution in [2.75, 3.05) is 12.9 Å². The second kappa shape index (κ2) is 6.57. The molecular weight excluding hydrogens is 204 g/mol. The minimum Gasteiger partial charge on any atom is -0.497 e. The van der Waals surface area contributed by atoms with Crippen LogP contribution in [0.1, 0.15) is 19.4 Å². The molecule has 82 valence electrons. The summed E-state index contributed by atoms with van der Waals surface area (Å²) in [7, 11) is 1.69. The predicted molar refractivity (Wildman–Crippen MR) is 68.6 cm³/mol. The van der Waals surface area contributed by atoms with Crippen LogP contribution in [-0.2, 0) is 5.75 Å². The predicted octanol–water partition coefficient (Wildman–Crippen LogP) is 3.89. The zero-order chi connectivity index (χ0) is 11.1. The van der Waals surface area contributed by atoms with Crippen molar-refractivity contribution in [2.45, 2.75) is 19.6 Å². The Morgan fingerprint density at radius 3 is 2.47 bits per heavy atom. The fourth-order valence-corrected chi connectivity index (χ4v) is 2.12. The number of benzene rings is 1. The summed E-state index contributed by atoms with van der Waals surface area (Å²) in [4.78, 5) is 0. The van der Waals surface area contributed by atoms with E-state index in [1.165, 1.54) is 11.1 Å². The van der Waals surface area contributed by atoms with Gasteiger partial charge in [0.2, 0.25) is 0 Å². The van der Waals surface area contributed by atoms with Crippen molar-refractivity contribution < 1.29 is 4.74 Å². The van der Waals surface area contributed by atoms with Gasteiger partial charge in [-0.05, 0) is 31.5 Å². The average molecular weight is 222 g/mol. The molecule has 0 spiro atoms. The molecule has 2 heteroatoms. The molecule has 0 atom stereocenters. The Kier molecular flexibility index (Phi) is 5.33. The van der Waals surface area contributed by atoms with E-state index < -0.39 is 0 Å². The van der Waals surface area contributed by atoms with E-state index in [0.717, 1.165) is 17.3 Å². The van der Waals surface area contributed by atoms with Crippen LogP contribution in [0.3, 0.4) is 0 Å². The second-order valence-electron chi connectivity index (χ2n) is 3.64. The van der Waals surface area contributed by atoms with Crippen LogP contribution in [0.4, 0.5) is 0 Å². The number of ether oxygens (including phenoxy) is 1. The molecule has 0 saturated heterocycles. The monoisotopic (exact) mass is 222 g/mol. The molecule has 0 aliphatic carbocycles. The van der Waals surface area contributed by atoms with E-state index in [0.29, 0.717) is 0 Å². The van der Waals surface area contributed by atoms with E-state index in [1.807, 2.05) is 23.9 Å². The lowest BCUT2D eigenvalue weighted by Gasteiger charge is -2.02. The molecule has 0 saturated carbocycles. The smallest absolute Gasteiger partial charge is 0.118 e. The van der Waals surface area contributed by atoms with Gasteiger partial charge in [0, 0.05) is 11.5 Å². The van der Waals surface area contributed by atoms with Gasteiger partial charge in [0.05, 0.1) is 7.11 Å². The first kappa shape index (κ1) is 12.2. The van der Waals surface area contributed by atoms with Crippen molar-refractivity contribution in [3.8, 4) is 5.75 Å². The third-order valence-corrected chi connectivity index (χ3v) is 2.98. The highest BCUT2D eigenvalue weighted by Gasteiger charge is 1.94. The number of allylic oxidation sites excluding steroid dienone is 1. The molecule has 0 N–H and O–H groups in total. The normalized spacial score (nSPS) is 9.80. The molecule has 1 aromatic rings. The fourth-order valence-electron chi connectivity index (χ4n) is 1.12. The summed E-state index contributed by atoms with van der Waals surface area (Å²) in [6.45, 7) is 4.27. The Balaban J connectivity index is 2.35. The van der Waals surface area contributed by atoms with Crippen LogP contribution >= 0.6 is 11.8 Å². The first-order valence-corrected chi connectivity index (χ1v) is 6.22. The van der Waals surface area contributed by atoms with Crippen LogP contribution in [0.15, 0.2) is 35.9 Å². The van der Waals surface area contributed by atoms with Gasteiger partial charge in [-0.3, -0.25) is 0 Å². The van der Waals surface area contributed by atoms with Crippen LogP contribution < -0.4 is 4.74 Å². The summed E-state index contributed by atoms with van der Waals surface area (Å²) in [6, 6.07) is 8.26. The minimum atomic E-state index is 0.924. The first-order valence-electron chi connectivity index (χ1n) is 5.06. The maximum absolute atomic E-state index is 5.11. The Bertz CT molecular complexity index is 310. The fraction of sp³-hybridized carbons (Fsp3) is 0.385. The quantitative estimate of drug-likeness (QED) is 0.552. The summed E-state index contributed by atoms with van der Waals surface area (Å²) in [6.07, 6.45) is 2.26. The lowest BCUT2D eigenvalue weighted by molar-refractivity contribution is 0.414. The van der Waals surface area contributed by atoms with E-state index in [2.05, 4.69) is 32.1 Å². The summed E-state index contributed by atoms with van der Waals surface area (Å²) in [5.41, 5.74) is 2.74. The van der Waals surface area contributed by atoms with Crippen LogP contribution in [-0.4, -0.2) is 12.9 Å². The number of hydrogen-bond acceptors (Lipinski definition) is 2. The van der Waals surface area contributed by atoms with E-state index >= 15 is 0 Å². The van der Waals surface area contributed by atoms with Gasteiger partial charge in [-0.1, -0.05) is 23.8 Å². The zero-order valence-electron chi connectivity index (χ0n) is 9.62. The van der Waals surface area contributed by atoms with Crippen molar-refractivity contribution in [3.05, 3.63) is 41.5 Å². The summed E-state index contributed by atoms with van der Waals surface area (Å²) < 4.78 is 5.11. The Labute approximate surface area is 96.5 Å². The summed E-state index contributed by atoms with van der Waals surface area (Å²) in [5, 5.41) is 0. The third-order valence-electron chi connectivity index (χ3n) is 2.04. The Morgan fingerprint density at radius 1 is 1.27 bits per heavy atom. The van der Waals surface area contributed by atoms with Gasteiger partial charge in [-0.2, -0.15) is 11.8 Å². The molecule has 0 aliphatic rings. The van der Waals surface area contributed by atoms with Crippen molar-refractivity contribution in [1.82, 2.24) is 0 Å². The summed E-state index contributed by atoms with van der Waals surface area (Å²) >= 11 is 1.93. The van der Waals surface area contributed by atoms with Crippen LogP contribution in [0.5, 0.6) is 5.75 Å². The van der Waals surface area contributed by atoms with Gasteiger partial charge in [-0.15, -0.1) is 0 Å². The molecule has 15 heavy (non-hydrogen) atoms. The number of thioether (sulfide) groups is 1. The number of rotatable bonds is 5. The Hall–Kier alpha value is -0.890. The third kappa shape index (κ3) is 4.93. The van der Waals surface area contributed by atoms with E-state index in [1.54, 1.807) is 7.11 Å². The van der Waals surface area contributed by atoms with Crippen molar-refractivity contribution in [2.24, 2.45) is 0 Å². The van der Waals surface area contributed by atoms with Gasteiger partial charge >= 0.3 is 0 Å². The van der Waals surface area contributed by atoms with Crippen LogP contribution in [0.25, 0.3) is 0 Å². The number of hydrogen-bond donors (Lipinski definition) is 0. The maximum Gasteiger partial charge on any atom is 0.118 e. The standard InChI is InChI=1S/C13H18OS/c1-11(2)8-9-15-10-12-4-6-13(14-3)7-5-12/h4-8H,9-10H2,1-3H3. The molecule has 0 unspecified atom stereocenters. The zero-order valence-corrected chi connectivity index (χ0v) is 10.4. The molecule has 0 aromatic heterocycles. The van der Waals surface area contributed by atoms with E-state index in [-0.39, 0.29) is 0 Å². The van der Waals surface area contributed by atoms with Crippen molar-refractivity contribution in [3.63, 3.8) is 0 Å². The lowest BCUT2D eigenvalue weighted by Crippen LogP contribution is -1.84. The topological polar surface area (TPSA) is 9.23 Å². The molecule has 1 rings (SSSR count). The average Bonchev–Trinajstić information content (AvgIpc) is 2.25. The molecular formula is C13H18OS. The highest BCUT2D eigenvalue weighted by molar-refractivity contribution is 7.98. The van der Waals surface area contributed by atoms with E-state index in [9.17, 15) is 0 Å². The van der Waals surface area contributed by atoms with Gasteiger partial charge in [-0.25, -0.2) is 0 Å². The van der Waals surface area contributed by atoms with Gasteiger partial charge < -0.3 is 4.74 Å². The molecule has 0 heterocycles. The molecule has 0 fully saturated rings. The van der Waals surface area contributed by atoms with Crippen molar-refractivity contribution in [1.29, 1.82) is 0 Å². The molecule has 1 aromatic carbocycles.